The summed E-state index contributed by atoms with van der Waals surface area (Å²) in [5.74, 6) is -2.77. The molecule has 17 heavy (non-hydrogen) atoms. The zero-order valence-corrected chi connectivity index (χ0v) is 9.57. The van der Waals surface area contributed by atoms with Crippen LogP contribution in [0.2, 0.25) is 0 Å². The largest absolute Gasteiger partial charge is 0.480 e. The minimum Gasteiger partial charge on any atom is -0.480 e. The van der Waals surface area contributed by atoms with Gasteiger partial charge in [0.2, 0.25) is 0 Å². The highest BCUT2D eigenvalue weighted by molar-refractivity contribution is 5.98. The Bertz CT molecular complexity index is 444. The number of carbonyl (C=O) groups is 2. The summed E-state index contributed by atoms with van der Waals surface area (Å²) in [5.41, 5.74) is -1.61. The molecule has 1 atom stereocenters. The normalized spacial score (nSPS) is 13.8. The molecule has 0 radical (unpaired) electrons. The summed E-state index contributed by atoms with van der Waals surface area (Å²) in [4.78, 5) is 22.6. The zero-order valence-electron chi connectivity index (χ0n) is 9.57. The first-order valence-corrected chi connectivity index (χ1v) is 4.97. The molecule has 92 valence electrons. The number of aliphatic carboxylic acids is 1. The molecule has 0 aliphatic heterocycles. The minimum atomic E-state index is -1.78. The SMILES string of the molecule is COC(=O)C(C)(Cc1ccccc1F)C(=O)O. The van der Waals surface area contributed by atoms with Gasteiger partial charge in [-0.15, -0.1) is 0 Å². The smallest absolute Gasteiger partial charge is 0.323 e. The van der Waals surface area contributed by atoms with E-state index in [1.165, 1.54) is 25.1 Å². The first-order chi connectivity index (χ1) is 7.91. The number of carbonyl (C=O) groups excluding carboxylic acids is 1. The van der Waals surface area contributed by atoms with Crippen molar-refractivity contribution in [3.63, 3.8) is 0 Å². The molecule has 0 saturated heterocycles. The third-order valence-electron chi connectivity index (χ3n) is 2.61. The van der Waals surface area contributed by atoms with Crippen molar-refractivity contribution < 1.29 is 23.8 Å². The van der Waals surface area contributed by atoms with E-state index >= 15 is 0 Å². The molecule has 1 aromatic carbocycles. The number of carboxylic acids is 1. The Kier molecular flexibility index (Phi) is 3.83. The van der Waals surface area contributed by atoms with Crippen LogP contribution in [0.25, 0.3) is 0 Å². The summed E-state index contributed by atoms with van der Waals surface area (Å²) in [5, 5.41) is 9.06. The first kappa shape index (κ1) is 13.2. The summed E-state index contributed by atoms with van der Waals surface area (Å²) < 4.78 is 17.9. The van der Waals surface area contributed by atoms with Gasteiger partial charge in [-0.1, -0.05) is 18.2 Å². The zero-order chi connectivity index (χ0) is 13.1. The Morgan fingerprint density at radius 2 is 2.00 bits per heavy atom. The minimum absolute atomic E-state index is 0.169. The molecule has 0 saturated carbocycles. The van der Waals surface area contributed by atoms with E-state index in [-0.39, 0.29) is 12.0 Å². The number of halogens is 1. The van der Waals surface area contributed by atoms with Gasteiger partial charge in [0, 0.05) is 6.42 Å². The van der Waals surface area contributed by atoms with Gasteiger partial charge in [-0.05, 0) is 18.6 Å². The van der Waals surface area contributed by atoms with Crippen molar-refractivity contribution in [2.45, 2.75) is 13.3 Å². The Morgan fingerprint density at radius 1 is 1.41 bits per heavy atom. The molecular formula is C12H13FO4. The lowest BCUT2D eigenvalue weighted by Gasteiger charge is -2.21. The molecule has 1 rings (SSSR count). The van der Waals surface area contributed by atoms with Crippen LogP contribution in [0.5, 0.6) is 0 Å². The first-order valence-electron chi connectivity index (χ1n) is 4.97. The second kappa shape index (κ2) is 4.95. The van der Waals surface area contributed by atoms with Crippen LogP contribution < -0.4 is 0 Å². The average Bonchev–Trinajstić information content (AvgIpc) is 2.30. The van der Waals surface area contributed by atoms with Gasteiger partial charge in [0.05, 0.1) is 7.11 Å². The molecule has 1 unspecified atom stereocenters. The third kappa shape index (κ3) is 2.61. The summed E-state index contributed by atoms with van der Waals surface area (Å²) in [7, 11) is 1.10. The lowest BCUT2D eigenvalue weighted by molar-refractivity contribution is -0.165. The highest BCUT2D eigenvalue weighted by atomic mass is 19.1. The van der Waals surface area contributed by atoms with Crippen LogP contribution in [0.3, 0.4) is 0 Å². The van der Waals surface area contributed by atoms with Crippen molar-refractivity contribution >= 4 is 11.9 Å². The molecule has 0 fully saturated rings. The maximum Gasteiger partial charge on any atom is 0.323 e. The number of hydrogen-bond acceptors (Lipinski definition) is 3. The Hall–Kier alpha value is -1.91. The number of ether oxygens (including phenoxy) is 1. The Labute approximate surface area is 98.0 Å². The van der Waals surface area contributed by atoms with E-state index in [2.05, 4.69) is 4.74 Å². The highest BCUT2D eigenvalue weighted by Crippen LogP contribution is 2.26. The fourth-order valence-corrected chi connectivity index (χ4v) is 1.48. The fraction of sp³-hybridized carbons (Fsp3) is 0.333. The molecule has 1 N–H and O–H groups in total. The maximum atomic E-state index is 13.4. The maximum absolute atomic E-state index is 13.4. The topological polar surface area (TPSA) is 63.6 Å². The molecular weight excluding hydrogens is 227 g/mol. The van der Waals surface area contributed by atoms with E-state index in [1.54, 1.807) is 6.07 Å². The van der Waals surface area contributed by atoms with E-state index in [4.69, 9.17) is 5.11 Å². The lowest BCUT2D eigenvalue weighted by atomic mass is 9.83. The quantitative estimate of drug-likeness (QED) is 0.641. The second-order valence-electron chi connectivity index (χ2n) is 3.90. The highest BCUT2D eigenvalue weighted by Gasteiger charge is 2.43. The Balaban J connectivity index is 3.08. The Morgan fingerprint density at radius 3 is 2.47 bits per heavy atom. The predicted octanol–water partition coefficient (Wildman–Crippen LogP) is 1.63. The summed E-state index contributed by atoms with van der Waals surface area (Å²) in [6, 6.07) is 5.74. The van der Waals surface area contributed by atoms with Crippen molar-refractivity contribution in [2.75, 3.05) is 7.11 Å². The molecule has 5 heteroatoms. The van der Waals surface area contributed by atoms with Crippen LogP contribution >= 0.6 is 0 Å². The van der Waals surface area contributed by atoms with Gasteiger partial charge in [-0.2, -0.15) is 0 Å². The number of benzene rings is 1. The van der Waals surface area contributed by atoms with Gasteiger partial charge >= 0.3 is 11.9 Å². The van der Waals surface area contributed by atoms with Crippen molar-refractivity contribution in [2.24, 2.45) is 5.41 Å². The molecule has 0 aliphatic carbocycles. The number of hydrogen-bond donors (Lipinski definition) is 1. The van der Waals surface area contributed by atoms with Gasteiger partial charge < -0.3 is 9.84 Å². The van der Waals surface area contributed by atoms with Crippen LogP contribution in [0.1, 0.15) is 12.5 Å². The second-order valence-corrected chi connectivity index (χ2v) is 3.90. The summed E-state index contributed by atoms with van der Waals surface area (Å²) >= 11 is 0. The standard InChI is InChI=1S/C12H13FO4/c1-12(10(14)15,11(16)17-2)7-8-5-3-4-6-9(8)13/h3-6H,7H2,1-2H3,(H,14,15). The molecule has 1 aromatic rings. The van der Waals surface area contributed by atoms with Crippen molar-refractivity contribution in [3.8, 4) is 0 Å². The van der Waals surface area contributed by atoms with Crippen molar-refractivity contribution in [1.29, 1.82) is 0 Å². The van der Waals surface area contributed by atoms with Crippen LogP contribution in [0.4, 0.5) is 4.39 Å². The average molecular weight is 240 g/mol. The number of methoxy groups -OCH3 is 1. The van der Waals surface area contributed by atoms with E-state index in [1.807, 2.05) is 0 Å². The number of rotatable bonds is 4. The van der Waals surface area contributed by atoms with E-state index < -0.39 is 23.2 Å². The van der Waals surface area contributed by atoms with Crippen LogP contribution in [0, 0.1) is 11.2 Å². The van der Waals surface area contributed by atoms with Crippen LogP contribution in [-0.4, -0.2) is 24.2 Å². The molecule has 0 aliphatic rings. The fourth-order valence-electron chi connectivity index (χ4n) is 1.48. The molecule has 0 spiro atoms. The van der Waals surface area contributed by atoms with Gasteiger partial charge in [-0.3, -0.25) is 9.59 Å². The molecule has 0 amide bonds. The molecule has 0 bridgehead atoms. The monoisotopic (exact) mass is 240 g/mol. The van der Waals surface area contributed by atoms with Crippen molar-refractivity contribution in [3.05, 3.63) is 35.6 Å². The van der Waals surface area contributed by atoms with Crippen LogP contribution in [0.15, 0.2) is 24.3 Å². The lowest BCUT2D eigenvalue weighted by Crippen LogP contribution is -2.39. The van der Waals surface area contributed by atoms with Gasteiger partial charge in [0.25, 0.3) is 0 Å². The third-order valence-corrected chi connectivity index (χ3v) is 2.61. The van der Waals surface area contributed by atoms with Gasteiger partial charge in [-0.25, -0.2) is 4.39 Å². The van der Waals surface area contributed by atoms with Gasteiger partial charge in [0.15, 0.2) is 5.41 Å². The summed E-state index contributed by atoms with van der Waals surface area (Å²) in [6.07, 6.45) is -0.248. The van der Waals surface area contributed by atoms with E-state index in [0.29, 0.717) is 0 Å². The number of esters is 1. The predicted molar refractivity (Wildman–Crippen MR) is 57.9 cm³/mol. The van der Waals surface area contributed by atoms with Gasteiger partial charge in [0.1, 0.15) is 5.82 Å². The molecule has 0 heterocycles. The van der Waals surface area contributed by atoms with E-state index in [0.717, 1.165) is 7.11 Å². The van der Waals surface area contributed by atoms with Crippen molar-refractivity contribution in [1.82, 2.24) is 0 Å². The van der Waals surface area contributed by atoms with Crippen LogP contribution in [-0.2, 0) is 20.7 Å². The number of carboxylic acid groups (broad SMARTS) is 1. The molecule has 4 nitrogen and oxygen atoms in total. The van der Waals surface area contributed by atoms with E-state index in [9.17, 15) is 14.0 Å². The molecule has 0 aromatic heterocycles. The summed E-state index contributed by atoms with van der Waals surface area (Å²) in [6.45, 7) is 1.22.